The summed E-state index contributed by atoms with van der Waals surface area (Å²) >= 11 is 5.56. The van der Waals surface area contributed by atoms with E-state index in [0.717, 1.165) is 0 Å². The average Bonchev–Trinajstić information content (AvgIpc) is 1.22. The zero-order valence-electron chi connectivity index (χ0n) is 68.5. The van der Waals surface area contributed by atoms with E-state index in [9.17, 15) is 67.7 Å². The largest absolute Gasteiger partial charge is 0.508 e. The topological polar surface area (TPSA) is 471 Å². The van der Waals surface area contributed by atoms with Crippen LogP contribution in [0.25, 0.3) is 33.4 Å². The summed E-state index contributed by atoms with van der Waals surface area (Å²) in [6.45, 7) is 1.97. The van der Waals surface area contributed by atoms with E-state index in [2.05, 4.69) is 78.7 Å². The zero-order valence-corrected chi connectivity index (χ0v) is 69.3. The molecule has 638 valence electrons. The molecule has 39 heteroatoms. The second-order valence-electron chi connectivity index (χ2n) is 29.5. The monoisotopic (exact) mass is 1700 g/mol. The van der Waals surface area contributed by atoms with Crippen LogP contribution in [0.15, 0.2) is 186 Å². The van der Waals surface area contributed by atoms with Crippen molar-refractivity contribution in [3.05, 3.63) is 244 Å². The number of fused-ring (bicyclic) bond motifs is 2. The van der Waals surface area contributed by atoms with Crippen molar-refractivity contribution in [3.63, 3.8) is 0 Å². The number of aromatic hydroxyl groups is 1. The smallest absolute Gasteiger partial charge is 0.336 e. The number of hydrogen-bond donors (Lipinski definition) is 14. The molecule has 1 atom stereocenters. The molecular formula is C85H87N23O15S. The number of carbonyl (C=O) groups excluding carboxylic acids is 10. The third-order valence-corrected chi connectivity index (χ3v) is 20.4. The normalized spacial score (nSPS) is 11.4. The maximum atomic E-state index is 13.8. The molecule has 0 fully saturated rings. The Bertz CT molecular complexity index is 6410. The van der Waals surface area contributed by atoms with Gasteiger partial charge in [-0.05, 0) is 136 Å². The fourth-order valence-corrected chi connectivity index (χ4v) is 14.3. The highest BCUT2D eigenvalue weighted by atomic mass is 32.1. The van der Waals surface area contributed by atoms with Crippen molar-refractivity contribution in [2.24, 2.45) is 56.4 Å². The number of hydrogen-bond acceptors (Lipinski definition) is 18. The lowest BCUT2D eigenvalue weighted by atomic mass is 9.90. The number of amides is 10. The predicted octanol–water partition coefficient (Wildman–Crippen LogP) is 7.97. The van der Waals surface area contributed by atoms with Gasteiger partial charge >= 0.3 is 5.97 Å². The Morgan fingerprint density at radius 3 is 1.44 bits per heavy atom. The lowest BCUT2D eigenvalue weighted by molar-refractivity contribution is -0.116. The summed E-state index contributed by atoms with van der Waals surface area (Å²) < 4.78 is 18.0. The Morgan fingerprint density at radius 1 is 0.468 bits per heavy atom. The third-order valence-electron chi connectivity index (χ3n) is 20.1. The molecule has 124 heavy (non-hydrogen) atoms. The molecule has 9 heterocycles. The maximum absolute atomic E-state index is 13.8. The van der Waals surface area contributed by atoms with Crippen LogP contribution in [-0.4, -0.2) is 178 Å². The SMILES string of the molecule is CN(CCCNC(=O)c1cc(NC(=O)c2cc(NC(=O)c3cc(NC(=O)c4nc(NC(=O)C[C@H](CNC(=O)c5cc(NC(=O)c6cc(NC(=O)c7cc(NC(=O)c8nccn8C)cn7C)cn6C)cn5C)NC(=O)c5ccccc5)cn4C)cn3C)cn2C)cn1C)CCCNC(=S)Nc1ccc(-c2c3ccc(=O)cc-3oc3cc(O)ccc23)c(C(=O)O)c1. The highest BCUT2D eigenvalue weighted by Gasteiger charge is 2.28. The third kappa shape index (κ3) is 20.3. The van der Waals surface area contributed by atoms with Crippen molar-refractivity contribution in [1.29, 1.82) is 0 Å². The molecule has 0 unspecified atom stereocenters. The van der Waals surface area contributed by atoms with E-state index in [-0.39, 0.29) is 121 Å². The van der Waals surface area contributed by atoms with E-state index >= 15 is 0 Å². The molecule has 3 aromatic carbocycles. The molecule has 0 radical (unpaired) electrons. The van der Waals surface area contributed by atoms with E-state index in [1.807, 2.05) is 7.05 Å². The van der Waals surface area contributed by atoms with Crippen LogP contribution in [0.3, 0.4) is 0 Å². The summed E-state index contributed by atoms with van der Waals surface area (Å²) in [5.74, 6) is -6.50. The van der Waals surface area contributed by atoms with Gasteiger partial charge in [-0.25, -0.2) is 14.8 Å². The van der Waals surface area contributed by atoms with E-state index in [1.54, 1.807) is 150 Å². The van der Waals surface area contributed by atoms with Gasteiger partial charge in [0.15, 0.2) is 22.2 Å². The van der Waals surface area contributed by atoms with Crippen molar-refractivity contribution in [2.75, 3.05) is 82.3 Å². The first-order valence-electron chi connectivity index (χ1n) is 38.7. The standard InChI is InChI=1S/C85H87N23O15S/c1-100(27-14-24-88-85(124)97-48-17-20-58(61(29-48)84(121)122)72-59-21-18-56(109)37-68(59)123-69-38-57(110)19-22-60(69)72)26-13-23-87-76(113)62-30-50(40-102(62)3)91-78(115)64-32-53(43-104(64)5)94-81(118)67-35-55(45-107(67)8)96-83(120)74-99-70(46-108(74)9)98-71(111)36-49(90-75(112)47-15-11-10-12-16-47)39-89-77(114)63-31-51(41-103(63)4)92-79(116)65-33-52(42-105(65)6)93-80(117)66-34-54(44-106(66)7)95-82(119)73-86-25-28-101(73)2/h10-12,15-22,25,28-35,37-38,40-46,49,109H,13-14,23-24,26-27,36,39H2,1-9H3,(H,87,113)(H,89,114)(H,90,112)(H,91,115)(H,92,116)(H,93,117)(H,94,118)(H,95,119)(H,96,120)(H,98,111)(H,121,122)(H2,88,97,124)/t49-/m1/s1. The van der Waals surface area contributed by atoms with Crippen LogP contribution in [0.2, 0.25) is 0 Å². The first kappa shape index (κ1) is 85.9. The number of nitrogens with one attached hydrogen (secondary N) is 12. The van der Waals surface area contributed by atoms with Gasteiger partial charge < -0.3 is 120 Å². The number of nitrogens with zero attached hydrogens (tertiary/aromatic N) is 11. The number of carbonyl (C=O) groups is 11. The van der Waals surface area contributed by atoms with Crippen LogP contribution >= 0.6 is 12.2 Å². The molecule has 2 aliphatic rings. The molecule has 14 N–H and O–H groups in total. The minimum Gasteiger partial charge on any atom is -0.508 e. The summed E-state index contributed by atoms with van der Waals surface area (Å²) in [5.41, 5.74) is 4.90. The van der Waals surface area contributed by atoms with Crippen molar-refractivity contribution in [1.82, 2.24) is 72.7 Å². The van der Waals surface area contributed by atoms with Gasteiger partial charge in [0.2, 0.25) is 11.7 Å². The van der Waals surface area contributed by atoms with Gasteiger partial charge in [-0.15, -0.1) is 0 Å². The number of thiocarbonyl (C=S) groups is 1. The Morgan fingerprint density at radius 2 is 0.944 bits per heavy atom. The van der Waals surface area contributed by atoms with E-state index in [4.69, 9.17) is 16.6 Å². The van der Waals surface area contributed by atoms with Gasteiger partial charge in [-0.2, -0.15) is 0 Å². The molecule has 0 saturated carbocycles. The minimum absolute atomic E-state index is 0.0226. The van der Waals surface area contributed by atoms with Gasteiger partial charge in [0, 0.05) is 178 Å². The molecule has 11 aromatic rings. The van der Waals surface area contributed by atoms with Gasteiger partial charge in [0.05, 0.1) is 45.7 Å². The van der Waals surface area contributed by atoms with Crippen molar-refractivity contribution < 1.29 is 67.4 Å². The quantitative estimate of drug-likeness (QED) is 0.0108. The van der Waals surface area contributed by atoms with Gasteiger partial charge in [0.25, 0.3) is 53.2 Å². The van der Waals surface area contributed by atoms with Crippen molar-refractivity contribution in [2.45, 2.75) is 25.3 Å². The fourth-order valence-electron chi connectivity index (χ4n) is 14.0. The van der Waals surface area contributed by atoms with Crippen LogP contribution in [-0.2, 0) is 61.2 Å². The number of phenols is 1. The summed E-state index contributed by atoms with van der Waals surface area (Å²) in [5, 5.41) is 55.4. The van der Waals surface area contributed by atoms with Crippen LogP contribution in [0.5, 0.6) is 5.75 Å². The second kappa shape index (κ2) is 37.2. The maximum Gasteiger partial charge on any atom is 0.336 e. The molecule has 1 aliphatic heterocycles. The number of aryl methyl sites for hydroxylation is 8. The molecular weight excluding hydrogens is 1620 g/mol. The van der Waals surface area contributed by atoms with E-state index in [0.29, 0.717) is 89.5 Å². The Labute approximate surface area is 712 Å². The minimum atomic E-state index is -1.19. The van der Waals surface area contributed by atoms with Gasteiger partial charge in [0.1, 0.15) is 51.3 Å². The van der Waals surface area contributed by atoms with E-state index < -0.39 is 65.2 Å². The first-order valence-corrected chi connectivity index (χ1v) is 39.1. The van der Waals surface area contributed by atoms with Gasteiger partial charge in [-0.1, -0.05) is 24.3 Å². The number of aromatic carboxylic acids is 1. The highest BCUT2D eigenvalue weighted by molar-refractivity contribution is 7.80. The summed E-state index contributed by atoms with van der Waals surface area (Å²) in [6, 6.07) is 29.7. The van der Waals surface area contributed by atoms with E-state index in [1.165, 1.54) is 120 Å². The first-order chi connectivity index (χ1) is 59.3. The summed E-state index contributed by atoms with van der Waals surface area (Å²) in [7, 11) is 14.9. The predicted molar refractivity (Wildman–Crippen MR) is 466 cm³/mol. The van der Waals surface area contributed by atoms with Crippen molar-refractivity contribution in [3.8, 4) is 28.2 Å². The number of anilines is 8. The highest BCUT2D eigenvalue weighted by Crippen LogP contribution is 2.43. The van der Waals surface area contributed by atoms with Gasteiger partial charge in [-0.3, -0.25) is 52.7 Å². The Kier molecular flexibility index (Phi) is 25.7. The Hall–Kier alpha value is -15.9. The van der Waals surface area contributed by atoms with Crippen LogP contribution < -0.4 is 69.2 Å². The lowest BCUT2D eigenvalue weighted by Gasteiger charge is -2.19. The van der Waals surface area contributed by atoms with Crippen molar-refractivity contribution >= 4 is 139 Å². The number of imidazole rings is 2. The number of carboxylic acid groups (broad SMARTS) is 1. The molecule has 13 rings (SSSR count). The van der Waals surface area contributed by atoms with Crippen LogP contribution in [0.1, 0.15) is 124 Å². The fraction of sp³-hybridized carbons (Fsp3) is 0.212. The molecule has 38 nitrogen and oxygen atoms in total. The lowest BCUT2D eigenvalue weighted by Crippen LogP contribution is -2.45. The van der Waals surface area contributed by atoms with Crippen LogP contribution in [0, 0.1) is 0 Å². The zero-order chi connectivity index (χ0) is 88.5. The number of rotatable bonds is 32. The molecule has 0 spiro atoms. The number of phenolic OH excluding ortho intramolecular Hbond substituents is 1. The van der Waals surface area contributed by atoms with Crippen LogP contribution in [0.4, 0.5) is 45.6 Å². The molecule has 10 amide bonds. The number of aromatic nitrogens is 10. The number of benzene rings is 4. The summed E-state index contributed by atoms with van der Waals surface area (Å²) in [4.78, 5) is 171. The number of carboxylic acids is 1. The molecule has 0 bridgehead atoms. The summed E-state index contributed by atoms with van der Waals surface area (Å²) in [6.07, 6.45) is 14.8. The molecule has 0 saturated heterocycles. The molecule has 8 aromatic heterocycles. The second-order valence-corrected chi connectivity index (χ2v) is 29.9. The Balaban J connectivity index is 0.537. The molecule has 1 aliphatic carbocycles. The average molecular weight is 1700 g/mol.